The van der Waals surface area contributed by atoms with Crippen molar-refractivity contribution in [3.05, 3.63) is 47.0 Å². The summed E-state index contributed by atoms with van der Waals surface area (Å²) in [7, 11) is 1.60. The second-order valence-corrected chi connectivity index (χ2v) is 6.03. The van der Waals surface area contributed by atoms with Crippen LogP contribution in [0.5, 0.6) is 0 Å². The standard InChI is InChI=1S/C16H15N3O3S/c1-17-16-19(15(22)13(23-16)8-14(20)21)7-6-10-9-18-12-5-3-2-4-11(10)12/h2-5,8-9,18H,6-7H2,1H3,(H,20,21)/b13-8+,17-16?. The van der Waals surface area contributed by atoms with Gasteiger partial charge in [-0.15, -0.1) is 0 Å². The fraction of sp³-hybridized carbons (Fsp3) is 0.188. The molecular formula is C16H15N3O3S. The summed E-state index contributed by atoms with van der Waals surface area (Å²) in [4.78, 5) is 32.1. The van der Waals surface area contributed by atoms with E-state index in [2.05, 4.69) is 9.98 Å². The van der Waals surface area contributed by atoms with Gasteiger partial charge in [0.15, 0.2) is 5.17 Å². The lowest BCUT2D eigenvalue weighted by Gasteiger charge is -2.14. The number of amides is 1. The van der Waals surface area contributed by atoms with Crippen LogP contribution in [0.1, 0.15) is 5.56 Å². The van der Waals surface area contributed by atoms with Crippen molar-refractivity contribution in [3.63, 3.8) is 0 Å². The maximum atomic E-state index is 12.3. The summed E-state index contributed by atoms with van der Waals surface area (Å²) in [5, 5.41) is 10.5. The van der Waals surface area contributed by atoms with Gasteiger partial charge in [0.25, 0.3) is 5.91 Å². The molecular weight excluding hydrogens is 314 g/mol. The third-order valence-corrected chi connectivity index (χ3v) is 4.71. The van der Waals surface area contributed by atoms with Crippen molar-refractivity contribution in [1.29, 1.82) is 0 Å². The number of hydrogen-bond acceptors (Lipinski definition) is 4. The first-order chi connectivity index (χ1) is 11.1. The van der Waals surface area contributed by atoms with Crippen LogP contribution in [0.15, 0.2) is 46.4 Å². The second kappa shape index (κ2) is 6.29. The number of carboxylic acid groups (broad SMARTS) is 1. The number of fused-ring (bicyclic) bond motifs is 1. The van der Waals surface area contributed by atoms with Gasteiger partial charge in [0.05, 0.1) is 4.91 Å². The number of benzene rings is 1. The number of nitrogens with zero attached hydrogens (tertiary/aromatic N) is 2. The molecule has 2 N–H and O–H groups in total. The molecule has 0 saturated carbocycles. The Morgan fingerprint density at radius 3 is 2.96 bits per heavy atom. The molecule has 0 aliphatic carbocycles. The number of carboxylic acids is 1. The lowest BCUT2D eigenvalue weighted by Crippen LogP contribution is -2.31. The maximum absolute atomic E-state index is 12.3. The Bertz CT molecular complexity index is 838. The Balaban J connectivity index is 1.79. The van der Waals surface area contributed by atoms with Gasteiger partial charge in [0.1, 0.15) is 0 Å². The highest BCUT2D eigenvalue weighted by molar-refractivity contribution is 8.18. The number of para-hydroxylation sites is 1. The van der Waals surface area contributed by atoms with Crippen LogP contribution in [0.25, 0.3) is 10.9 Å². The molecule has 1 amide bonds. The van der Waals surface area contributed by atoms with Gasteiger partial charge < -0.3 is 10.1 Å². The van der Waals surface area contributed by atoms with Gasteiger partial charge in [-0.05, 0) is 29.8 Å². The van der Waals surface area contributed by atoms with Crippen molar-refractivity contribution in [1.82, 2.24) is 9.88 Å². The molecule has 0 atom stereocenters. The Hall–Kier alpha value is -2.54. The highest BCUT2D eigenvalue weighted by Crippen LogP contribution is 2.31. The van der Waals surface area contributed by atoms with Crippen LogP contribution in [0, 0.1) is 0 Å². The molecule has 0 bridgehead atoms. The number of thioether (sulfide) groups is 1. The van der Waals surface area contributed by atoms with Gasteiger partial charge in [0, 0.05) is 36.8 Å². The van der Waals surface area contributed by atoms with Crippen molar-refractivity contribution in [2.45, 2.75) is 6.42 Å². The molecule has 1 aromatic heterocycles. The quantitative estimate of drug-likeness (QED) is 0.842. The summed E-state index contributed by atoms with van der Waals surface area (Å²) < 4.78 is 0. The van der Waals surface area contributed by atoms with Crippen molar-refractivity contribution >= 4 is 39.7 Å². The molecule has 1 aromatic carbocycles. The lowest BCUT2D eigenvalue weighted by atomic mass is 10.1. The van der Waals surface area contributed by atoms with E-state index in [-0.39, 0.29) is 10.8 Å². The zero-order valence-electron chi connectivity index (χ0n) is 12.4. The summed E-state index contributed by atoms with van der Waals surface area (Å²) in [6, 6.07) is 7.98. The highest BCUT2D eigenvalue weighted by atomic mass is 32.2. The third kappa shape index (κ3) is 3.00. The summed E-state index contributed by atoms with van der Waals surface area (Å²) in [5.74, 6) is -1.44. The van der Waals surface area contributed by atoms with Crippen molar-refractivity contribution in [2.75, 3.05) is 13.6 Å². The third-order valence-electron chi connectivity index (χ3n) is 3.61. The van der Waals surface area contributed by atoms with Gasteiger partial charge in [-0.2, -0.15) is 0 Å². The summed E-state index contributed by atoms with van der Waals surface area (Å²) in [6.07, 6.45) is 3.54. The van der Waals surface area contributed by atoms with Crippen molar-refractivity contribution < 1.29 is 14.7 Å². The average Bonchev–Trinajstić information content (AvgIpc) is 3.07. The molecule has 2 aromatic rings. The fourth-order valence-electron chi connectivity index (χ4n) is 2.55. The summed E-state index contributed by atoms with van der Waals surface area (Å²) in [6.45, 7) is 0.456. The van der Waals surface area contributed by atoms with E-state index in [1.165, 1.54) is 4.90 Å². The number of aliphatic imine (C=N–C) groups is 1. The maximum Gasteiger partial charge on any atom is 0.329 e. The van der Waals surface area contributed by atoms with E-state index in [1.54, 1.807) is 7.05 Å². The van der Waals surface area contributed by atoms with Crippen LogP contribution in [-0.2, 0) is 16.0 Å². The number of aromatic nitrogens is 1. The molecule has 118 valence electrons. The molecule has 7 heteroatoms. The number of hydrogen-bond donors (Lipinski definition) is 2. The zero-order valence-corrected chi connectivity index (χ0v) is 13.3. The minimum atomic E-state index is -1.13. The van der Waals surface area contributed by atoms with Crippen LogP contribution < -0.4 is 0 Å². The molecule has 23 heavy (non-hydrogen) atoms. The molecule has 3 rings (SSSR count). The number of rotatable bonds is 4. The van der Waals surface area contributed by atoms with Crippen LogP contribution in [-0.4, -0.2) is 45.6 Å². The average molecular weight is 329 g/mol. The van der Waals surface area contributed by atoms with E-state index >= 15 is 0 Å². The van der Waals surface area contributed by atoms with Crippen LogP contribution in [0.2, 0.25) is 0 Å². The lowest BCUT2D eigenvalue weighted by molar-refractivity contribution is -0.132. The number of carbonyl (C=O) groups is 2. The summed E-state index contributed by atoms with van der Waals surface area (Å²) in [5.41, 5.74) is 2.17. The fourth-order valence-corrected chi connectivity index (χ4v) is 3.48. The highest BCUT2D eigenvalue weighted by Gasteiger charge is 2.33. The molecule has 0 spiro atoms. The Morgan fingerprint density at radius 2 is 2.22 bits per heavy atom. The van der Waals surface area contributed by atoms with Crippen LogP contribution in [0.3, 0.4) is 0 Å². The number of amidine groups is 1. The second-order valence-electron chi connectivity index (χ2n) is 5.02. The van der Waals surface area contributed by atoms with E-state index in [9.17, 15) is 9.59 Å². The summed E-state index contributed by atoms with van der Waals surface area (Å²) >= 11 is 1.09. The van der Waals surface area contributed by atoms with E-state index in [0.29, 0.717) is 18.1 Å². The zero-order chi connectivity index (χ0) is 16.4. The van der Waals surface area contributed by atoms with Gasteiger partial charge in [-0.1, -0.05) is 18.2 Å². The van der Waals surface area contributed by atoms with Gasteiger partial charge >= 0.3 is 5.97 Å². The minimum Gasteiger partial charge on any atom is -0.478 e. The number of carbonyl (C=O) groups excluding carboxylic acids is 1. The van der Waals surface area contributed by atoms with E-state index in [4.69, 9.17) is 5.11 Å². The number of nitrogens with one attached hydrogen (secondary N) is 1. The number of aliphatic carboxylic acids is 1. The molecule has 1 saturated heterocycles. The van der Waals surface area contributed by atoms with Gasteiger partial charge in [0.2, 0.25) is 0 Å². The Morgan fingerprint density at radius 1 is 1.43 bits per heavy atom. The van der Waals surface area contributed by atoms with E-state index < -0.39 is 5.97 Å². The normalized spacial score (nSPS) is 18.5. The largest absolute Gasteiger partial charge is 0.478 e. The molecule has 0 radical (unpaired) electrons. The first-order valence-electron chi connectivity index (χ1n) is 7.06. The van der Waals surface area contributed by atoms with Crippen LogP contribution in [0.4, 0.5) is 0 Å². The van der Waals surface area contributed by atoms with E-state index in [1.807, 2.05) is 30.5 Å². The molecule has 2 heterocycles. The monoisotopic (exact) mass is 329 g/mol. The first-order valence-corrected chi connectivity index (χ1v) is 7.88. The smallest absolute Gasteiger partial charge is 0.329 e. The predicted octanol–water partition coefficient (Wildman–Crippen LogP) is 2.24. The molecule has 6 nitrogen and oxygen atoms in total. The molecule has 0 unspecified atom stereocenters. The molecule has 1 fully saturated rings. The van der Waals surface area contributed by atoms with Crippen molar-refractivity contribution in [2.24, 2.45) is 4.99 Å². The predicted molar refractivity (Wildman–Crippen MR) is 90.4 cm³/mol. The van der Waals surface area contributed by atoms with E-state index in [0.717, 1.165) is 34.3 Å². The number of H-pyrrole nitrogens is 1. The Kier molecular flexibility index (Phi) is 4.20. The topological polar surface area (TPSA) is 85.8 Å². The van der Waals surface area contributed by atoms with Crippen LogP contribution >= 0.6 is 11.8 Å². The van der Waals surface area contributed by atoms with Crippen molar-refractivity contribution in [3.8, 4) is 0 Å². The van der Waals surface area contributed by atoms with Gasteiger partial charge in [-0.25, -0.2) is 4.79 Å². The SMILES string of the molecule is CN=C1S/C(=C/C(=O)O)C(=O)N1CCc1c[nH]c2ccccc12. The van der Waals surface area contributed by atoms with Gasteiger partial charge in [-0.3, -0.25) is 14.7 Å². The molecule has 1 aliphatic heterocycles. The number of aromatic amines is 1. The molecule has 1 aliphatic rings. The Labute approximate surface area is 136 Å². The first kappa shape index (κ1) is 15.4. The minimum absolute atomic E-state index is 0.192.